The second-order valence-corrected chi connectivity index (χ2v) is 5.51. The molecule has 0 bridgehead atoms. The third-order valence-corrected chi connectivity index (χ3v) is 2.46. The highest BCUT2D eigenvalue weighted by atomic mass is 16.5. The fraction of sp³-hybridized carbons (Fsp3) is 0.533. The lowest BCUT2D eigenvalue weighted by atomic mass is 10.1. The minimum Gasteiger partial charge on any atom is -0.488 e. The molecule has 1 rings (SSSR count). The molecule has 0 saturated heterocycles. The SMILES string of the molecule is COCC(=O)N[C@H](C)c1ccc(OC(C)(C)C)cc1. The minimum absolute atomic E-state index is 0.0497. The number of carbonyl (C=O) groups is 1. The Morgan fingerprint density at radius 2 is 1.84 bits per heavy atom. The average molecular weight is 265 g/mol. The van der Waals surface area contributed by atoms with Gasteiger partial charge in [0.1, 0.15) is 18.0 Å². The van der Waals surface area contributed by atoms with Gasteiger partial charge in [0.2, 0.25) is 5.91 Å². The number of amides is 1. The second-order valence-electron chi connectivity index (χ2n) is 5.51. The van der Waals surface area contributed by atoms with E-state index in [1.807, 2.05) is 52.0 Å². The summed E-state index contributed by atoms with van der Waals surface area (Å²) >= 11 is 0. The standard InChI is InChI=1S/C15H23NO3/c1-11(16-14(17)10-18-5)12-6-8-13(9-7-12)19-15(2,3)4/h6-9,11H,10H2,1-5H3,(H,16,17)/t11-/m1/s1. The Hall–Kier alpha value is -1.55. The third-order valence-electron chi connectivity index (χ3n) is 2.46. The summed E-state index contributed by atoms with van der Waals surface area (Å²) < 4.78 is 10.5. The Bertz CT molecular complexity index is 406. The van der Waals surface area contributed by atoms with Crippen LogP contribution >= 0.6 is 0 Å². The zero-order chi connectivity index (χ0) is 14.5. The molecule has 4 heteroatoms. The molecule has 0 fully saturated rings. The van der Waals surface area contributed by atoms with Gasteiger partial charge in [0, 0.05) is 7.11 Å². The largest absolute Gasteiger partial charge is 0.488 e. The zero-order valence-corrected chi connectivity index (χ0v) is 12.3. The first-order chi connectivity index (χ1) is 8.81. The van der Waals surface area contributed by atoms with Gasteiger partial charge in [0.05, 0.1) is 6.04 Å². The van der Waals surface area contributed by atoms with Crippen molar-refractivity contribution in [3.63, 3.8) is 0 Å². The number of carbonyl (C=O) groups excluding carboxylic acids is 1. The van der Waals surface area contributed by atoms with Gasteiger partial charge in [-0.25, -0.2) is 0 Å². The summed E-state index contributed by atoms with van der Waals surface area (Å²) in [4.78, 5) is 11.4. The van der Waals surface area contributed by atoms with Crippen molar-refractivity contribution in [3.05, 3.63) is 29.8 Å². The number of rotatable bonds is 5. The lowest BCUT2D eigenvalue weighted by Crippen LogP contribution is -2.29. The van der Waals surface area contributed by atoms with Gasteiger partial charge in [0.15, 0.2) is 0 Å². The van der Waals surface area contributed by atoms with Crippen LogP contribution in [-0.2, 0) is 9.53 Å². The summed E-state index contributed by atoms with van der Waals surface area (Å²) in [6, 6.07) is 7.70. The molecular formula is C15H23NO3. The molecule has 0 aliphatic heterocycles. The number of hydrogen-bond donors (Lipinski definition) is 1. The molecule has 0 radical (unpaired) electrons. The fourth-order valence-corrected chi connectivity index (χ4v) is 1.68. The van der Waals surface area contributed by atoms with Gasteiger partial charge in [-0.05, 0) is 45.4 Å². The topological polar surface area (TPSA) is 47.6 Å². The van der Waals surface area contributed by atoms with E-state index in [-0.39, 0.29) is 24.2 Å². The van der Waals surface area contributed by atoms with Gasteiger partial charge in [0.25, 0.3) is 0 Å². The number of nitrogens with one attached hydrogen (secondary N) is 1. The third kappa shape index (κ3) is 5.75. The lowest BCUT2D eigenvalue weighted by Gasteiger charge is -2.22. The fourth-order valence-electron chi connectivity index (χ4n) is 1.68. The van der Waals surface area contributed by atoms with Crippen LogP contribution in [0.4, 0.5) is 0 Å². The molecular weight excluding hydrogens is 242 g/mol. The molecule has 4 nitrogen and oxygen atoms in total. The van der Waals surface area contributed by atoms with E-state index >= 15 is 0 Å². The molecule has 0 unspecified atom stereocenters. The Morgan fingerprint density at radius 3 is 2.32 bits per heavy atom. The van der Waals surface area contributed by atoms with E-state index in [9.17, 15) is 4.79 Å². The molecule has 0 aromatic heterocycles. The predicted molar refractivity (Wildman–Crippen MR) is 75.3 cm³/mol. The molecule has 1 aromatic rings. The highest BCUT2D eigenvalue weighted by molar-refractivity contribution is 5.77. The van der Waals surface area contributed by atoms with E-state index in [1.54, 1.807) is 0 Å². The summed E-state index contributed by atoms with van der Waals surface area (Å²) in [6.07, 6.45) is 0. The van der Waals surface area contributed by atoms with E-state index in [0.717, 1.165) is 11.3 Å². The molecule has 0 spiro atoms. The average Bonchev–Trinajstić information content (AvgIpc) is 2.27. The van der Waals surface area contributed by atoms with Crippen LogP contribution in [0.5, 0.6) is 5.75 Å². The van der Waals surface area contributed by atoms with E-state index in [1.165, 1.54) is 7.11 Å². The Balaban J connectivity index is 2.63. The monoisotopic (exact) mass is 265 g/mol. The van der Waals surface area contributed by atoms with Crippen LogP contribution in [0.15, 0.2) is 24.3 Å². The first-order valence-corrected chi connectivity index (χ1v) is 6.39. The van der Waals surface area contributed by atoms with Crippen LogP contribution < -0.4 is 10.1 Å². The Kier molecular flexibility index (Phi) is 5.36. The summed E-state index contributed by atoms with van der Waals surface area (Å²) in [5.74, 6) is 0.705. The van der Waals surface area contributed by atoms with Gasteiger partial charge in [-0.1, -0.05) is 12.1 Å². The molecule has 0 aliphatic rings. The molecule has 1 atom stereocenters. The minimum atomic E-state index is -0.209. The maximum Gasteiger partial charge on any atom is 0.246 e. The van der Waals surface area contributed by atoms with Crippen molar-refractivity contribution in [2.75, 3.05) is 13.7 Å². The van der Waals surface area contributed by atoms with E-state index < -0.39 is 0 Å². The molecule has 1 amide bonds. The van der Waals surface area contributed by atoms with Gasteiger partial charge >= 0.3 is 0 Å². The van der Waals surface area contributed by atoms with Crippen LogP contribution in [0.2, 0.25) is 0 Å². The number of methoxy groups -OCH3 is 1. The van der Waals surface area contributed by atoms with Crippen LogP contribution in [0.3, 0.4) is 0 Å². The van der Waals surface area contributed by atoms with Gasteiger partial charge < -0.3 is 14.8 Å². The van der Waals surface area contributed by atoms with Gasteiger partial charge in [-0.3, -0.25) is 4.79 Å². The molecule has 1 N–H and O–H groups in total. The molecule has 106 valence electrons. The van der Waals surface area contributed by atoms with Crippen molar-refractivity contribution in [2.24, 2.45) is 0 Å². The van der Waals surface area contributed by atoms with Gasteiger partial charge in [-0.15, -0.1) is 0 Å². The van der Waals surface area contributed by atoms with Gasteiger partial charge in [-0.2, -0.15) is 0 Å². The second kappa shape index (κ2) is 6.57. The van der Waals surface area contributed by atoms with Crippen molar-refractivity contribution in [1.29, 1.82) is 0 Å². The summed E-state index contributed by atoms with van der Waals surface area (Å²) in [5.41, 5.74) is 0.825. The number of benzene rings is 1. The smallest absolute Gasteiger partial charge is 0.246 e. The molecule has 0 aliphatic carbocycles. The first kappa shape index (κ1) is 15.5. The van der Waals surface area contributed by atoms with E-state index in [0.29, 0.717) is 0 Å². The number of ether oxygens (including phenoxy) is 2. The first-order valence-electron chi connectivity index (χ1n) is 6.39. The Morgan fingerprint density at radius 1 is 1.26 bits per heavy atom. The molecule has 0 heterocycles. The van der Waals surface area contributed by atoms with E-state index in [4.69, 9.17) is 9.47 Å². The molecule has 0 saturated carbocycles. The van der Waals surface area contributed by atoms with Crippen molar-refractivity contribution < 1.29 is 14.3 Å². The highest BCUT2D eigenvalue weighted by Gasteiger charge is 2.13. The summed E-state index contributed by atoms with van der Waals surface area (Å²) in [6.45, 7) is 8.04. The van der Waals surface area contributed by atoms with Crippen molar-refractivity contribution in [2.45, 2.75) is 39.3 Å². The zero-order valence-electron chi connectivity index (χ0n) is 12.3. The maximum absolute atomic E-state index is 11.4. The van der Waals surface area contributed by atoms with Crippen LogP contribution in [-0.4, -0.2) is 25.2 Å². The van der Waals surface area contributed by atoms with Crippen LogP contribution in [0.25, 0.3) is 0 Å². The van der Waals surface area contributed by atoms with E-state index in [2.05, 4.69) is 5.32 Å². The van der Waals surface area contributed by atoms with Crippen molar-refractivity contribution >= 4 is 5.91 Å². The maximum atomic E-state index is 11.4. The quantitative estimate of drug-likeness (QED) is 0.890. The van der Waals surface area contributed by atoms with Crippen LogP contribution in [0, 0.1) is 0 Å². The van der Waals surface area contributed by atoms with Crippen molar-refractivity contribution in [3.8, 4) is 5.75 Å². The van der Waals surface area contributed by atoms with Crippen LogP contribution in [0.1, 0.15) is 39.3 Å². The summed E-state index contributed by atoms with van der Waals surface area (Å²) in [7, 11) is 1.50. The molecule has 19 heavy (non-hydrogen) atoms. The normalized spacial score (nSPS) is 12.9. The predicted octanol–water partition coefficient (Wildman–Crippen LogP) is 2.69. The Labute approximate surface area is 115 Å². The lowest BCUT2D eigenvalue weighted by molar-refractivity contribution is -0.125. The van der Waals surface area contributed by atoms with Crippen molar-refractivity contribution in [1.82, 2.24) is 5.32 Å². The number of hydrogen-bond acceptors (Lipinski definition) is 3. The molecule has 1 aromatic carbocycles. The highest BCUT2D eigenvalue weighted by Crippen LogP contribution is 2.21. The summed E-state index contributed by atoms with van der Waals surface area (Å²) in [5, 5.41) is 2.86.